The van der Waals surface area contributed by atoms with E-state index >= 15 is 0 Å². The first-order valence-corrected chi connectivity index (χ1v) is 13.2. The van der Waals surface area contributed by atoms with Crippen LogP contribution in [0.2, 0.25) is 0 Å². The summed E-state index contributed by atoms with van der Waals surface area (Å²) in [6.45, 7) is 1.45. The third kappa shape index (κ3) is 10.7. The maximum Gasteiger partial charge on any atom is 0.407 e. The summed E-state index contributed by atoms with van der Waals surface area (Å²) < 4.78 is 10.7. The number of unbranched alkanes of at least 4 members (excludes halogenated alkanes) is 1. The number of aromatic nitrogens is 3. The summed E-state index contributed by atoms with van der Waals surface area (Å²) in [6.07, 6.45) is -2.93. The van der Waals surface area contributed by atoms with Crippen molar-refractivity contribution in [3.8, 4) is 0 Å². The number of nitrogens with zero attached hydrogens (tertiary/aromatic N) is 3. The molecule has 1 aromatic heterocycles. The van der Waals surface area contributed by atoms with E-state index in [1.807, 2.05) is 30.3 Å². The van der Waals surface area contributed by atoms with Crippen molar-refractivity contribution < 1.29 is 44.3 Å². The standard InChI is InChI=1S/C26H40N6O9/c1-17(33)29-20(12-21(34)23(36)14-27)22(35)13-26(39,24(37)40-2)32-15-19(30-31-32)10-6-7-11-28-25(38)41-16-18-8-4-3-5-9-18/h3-5,8-9,15,20-23,34-36,39H,6-7,10-14,16,27H2,1-2H3,(H,28,38)(H,29,33)/t20?,21-,22?,23-,26?/m1/s1. The molecule has 228 valence electrons. The first-order valence-electron chi connectivity index (χ1n) is 13.2. The maximum atomic E-state index is 12.6. The number of carbonyl (C=O) groups is 3. The van der Waals surface area contributed by atoms with E-state index in [0.29, 0.717) is 31.5 Å². The van der Waals surface area contributed by atoms with Crippen LogP contribution in [0.25, 0.3) is 0 Å². The number of methoxy groups -OCH3 is 1. The number of nitrogens with two attached hydrogens (primary N) is 1. The van der Waals surface area contributed by atoms with Crippen LogP contribution in [0.5, 0.6) is 0 Å². The SMILES string of the molecule is COC(=O)C(O)(CC(O)C(C[C@@H](O)[C@H](O)CN)NC(C)=O)n1cc(CCCCNC(=O)OCc2ccccc2)nn1. The van der Waals surface area contributed by atoms with Gasteiger partial charge in [0, 0.05) is 26.4 Å². The minimum atomic E-state index is -2.50. The van der Waals surface area contributed by atoms with E-state index in [4.69, 9.17) is 15.2 Å². The molecule has 0 aliphatic heterocycles. The molecular weight excluding hydrogens is 540 g/mol. The smallest absolute Gasteiger partial charge is 0.407 e. The number of esters is 1. The minimum Gasteiger partial charge on any atom is -0.465 e. The average Bonchev–Trinajstić information content (AvgIpc) is 3.44. The molecule has 5 atom stereocenters. The Bertz CT molecular complexity index is 1100. The Morgan fingerprint density at radius 2 is 1.80 bits per heavy atom. The molecule has 0 spiro atoms. The molecule has 1 heterocycles. The van der Waals surface area contributed by atoms with Crippen LogP contribution in [0.4, 0.5) is 4.79 Å². The van der Waals surface area contributed by atoms with Gasteiger partial charge in [-0.3, -0.25) is 4.79 Å². The second-order valence-electron chi connectivity index (χ2n) is 9.59. The molecule has 2 rings (SSSR count). The van der Waals surface area contributed by atoms with Gasteiger partial charge in [-0.1, -0.05) is 35.5 Å². The highest BCUT2D eigenvalue weighted by Gasteiger charge is 2.45. The van der Waals surface area contributed by atoms with E-state index in [0.717, 1.165) is 17.4 Å². The number of rotatable bonds is 17. The number of aliphatic hydroxyl groups is 4. The number of carbonyl (C=O) groups excluding carboxylic acids is 3. The molecule has 41 heavy (non-hydrogen) atoms. The van der Waals surface area contributed by atoms with Crippen molar-refractivity contribution >= 4 is 18.0 Å². The second kappa shape index (κ2) is 16.6. The lowest BCUT2D eigenvalue weighted by atomic mass is 9.94. The first-order chi connectivity index (χ1) is 19.5. The number of aryl methyl sites for hydroxylation is 1. The predicted molar refractivity (Wildman–Crippen MR) is 144 cm³/mol. The molecule has 0 aliphatic rings. The van der Waals surface area contributed by atoms with Crippen molar-refractivity contribution in [3.05, 3.63) is 47.8 Å². The van der Waals surface area contributed by atoms with Gasteiger partial charge in [-0.2, -0.15) is 0 Å². The number of benzene rings is 1. The molecule has 0 aliphatic carbocycles. The van der Waals surface area contributed by atoms with Crippen LogP contribution < -0.4 is 16.4 Å². The van der Waals surface area contributed by atoms with Gasteiger partial charge in [0.25, 0.3) is 5.72 Å². The van der Waals surface area contributed by atoms with E-state index < -0.39 is 54.5 Å². The lowest BCUT2D eigenvalue weighted by molar-refractivity contribution is -0.183. The van der Waals surface area contributed by atoms with Crippen molar-refractivity contribution in [3.63, 3.8) is 0 Å². The highest BCUT2D eigenvalue weighted by molar-refractivity contribution is 5.76. The van der Waals surface area contributed by atoms with Crippen LogP contribution in [0, 0.1) is 0 Å². The van der Waals surface area contributed by atoms with E-state index in [1.165, 1.54) is 13.1 Å². The summed E-state index contributed by atoms with van der Waals surface area (Å²) in [4.78, 5) is 36.1. The molecular formula is C26H40N6O9. The van der Waals surface area contributed by atoms with Gasteiger partial charge in [-0.25, -0.2) is 14.3 Å². The molecule has 1 aromatic carbocycles. The van der Waals surface area contributed by atoms with Crippen molar-refractivity contribution in [2.45, 2.75) is 75.7 Å². The molecule has 2 amide bonds. The van der Waals surface area contributed by atoms with Crippen LogP contribution in [0.3, 0.4) is 0 Å². The minimum absolute atomic E-state index is 0.162. The summed E-state index contributed by atoms with van der Waals surface area (Å²) in [5, 5.41) is 54.9. The number of hydrogen-bond acceptors (Lipinski definition) is 12. The van der Waals surface area contributed by atoms with Crippen molar-refractivity contribution in [1.82, 2.24) is 25.6 Å². The number of alkyl carbamates (subject to hydrolysis) is 1. The zero-order valence-corrected chi connectivity index (χ0v) is 23.2. The molecule has 8 N–H and O–H groups in total. The van der Waals surface area contributed by atoms with Crippen LogP contribution in [-0.2, 0) is 37.8 Å². The van der Waals surface area contributed by atoms with Gasteiger partial charge in [0.1, 0.15) is 6.61 Å². The second-order valence-corrected chi connectivity index (χ2v) is 9.59. The maximum absolute atomic E-state index is 12.6. The average molecular weight is 581 g/mol. The first kappa shape index (κ1) is 33.6. The predicted octanol–water partition coefficient (Wildman–Crippen LogP) is -1.33. The Balaban J connectivity index is 1.94. The fraction of sp³-hybridized carbons (Fsp3) is 0.577. The largest absolute Gasteiger partial charge is 0.465 e. The Labute approximate surface area is 237 Å². The van der Waals surface area contributed by atoms with Crippen LogP contribution in [0.15, 0.2) is 36.5 Å². The molecule has 15 nitrogen and oxygen atoms in total. The lowest BCUT2D eigenvalue weighted by Crippen LogP contribution is -2.52. The van der Waals surface area contributed by atoms with Gasteiger partial charge >= 0.3 is 12.1 Å². The topological polar surface area (TPSA) is 231 Å². The third-order valence-corrected chi connectivity index (χ3v) is 6.30. The fourth-order valence-corrected chi connectivity index (χ4v) is 4.00. The monoisotopic (exact) mass is 580 g/mol. The third-order valence-electron chi connectivity index (χ3n) is 6.30. The van der Waals surface area contributed by atoms with E-state index in [9.17, 15) is 34.8 Å². The van der Waals surface area contributed by atoms with Crippen molar-refractivity contribution in [2.75, 3.05) is 20.2 Å². The summed E-state index contributed by atoms with van der Waals surface area (Å²) in [7, 11) is 1.04. The van der Waals surface area contributed by atoms with E-state index in [2.05, 4.69) is 20.9 Å². The van der Waals surface area contributed by atoms with Crippen LogP contribution >= 0.6 is 0 Å². The zero-order valence-electron chi connectivity index (χ0n) is 23.2. The summed E-state index contributed by atoms with van der Waals surface area (Å²) in [6, 6.07) is 8.12. The van der Waals surface area contributed by atoms with Gasteiger partial charge in [0.05, 0.1) is 43.4 Å². The van der Waals surface area contributed by atoms with Crippen molar-refractivity contribution in [1.29, 1.82) is 0 Å². The summed E-state index contributed by atoms with van der Waals surface area (Å²) in [5.74, 6) is -1.69. The molecule has 0 radical (unpaired) electrons. The highest BCUT2D eigenvalue weighted by Crippen LogP contribution is 2.24. The van der Waals surface area contributed by atoms with E-state index in [-0.39, 0.29) is 19.6 Å². The molecule has 3 unspecified atom stereocenters. The van der Waals surface area contributed by atoms with E-state index in [1.54, 1.807) is 0 Å². The Hall–Kier alpha value is -3.63. The number of aliphatic hydroxyl groups excluding tert-OH is 3. The molecule has 15 heteroatoms. The highest BCUT2D eigenvalue weighted by atomic mass is 16.6. The molecule has 0 fully saturated rings. The molecule has 0 bridgehead atoms. The number of nitrogens with one attached hydrogen (secondary N) is 2. The lowest BCUT2D eigenvalue weighted by Gasteiger charge is -2.32. The van der Waals surface area contributed by atoms with Gasteiger partial charge in [-0.15, -0.1) is 5.10 Å². The number of amides is 2. The summed E-state index contributed by atoms with van der Waals surface area (Å²) >= 11 is 0. The van der Waals surface area contributed by atoms with Crippen LogP contribution in [0.1, 0.15) is 43.9 Å². The Kier molecular flexibility index (Phi) is 13.6. The fourth-order valence-electron chi connectivity index (χ4n) is 4.00. The van der Waals surface area contributed by atoms with Gasteiger partial charge < -0.3 is 46.3 Å². The number of hydrogen-bond donors (Lipinski definition) is 7. The van der Waals surface area contributed by atoms with Gasteiger partial charge in [0.2, 0.25) is 5.91 Å². The molecule has 0 saturated heterocycles. The molecule has 2 aromatic rings. The Morgan fingerprint density at radius 3 is 2.44 bits per heavy atom. The normalized spacial score (nSPS) is 15.6. The van der Waals surface area contributed by atoms with Gasteiger partial charge in [0.15, 0.2) is 0 Å². The zero-order chi connectivity index (χ0) is 30.4. The van der Waals surface area contributed by atoms with Crippen molar-refractivity contribution in [2.24, 2.45) is 5.73 Å². The summed E-state index contributed by atoms with van der Waals surface area (Å²) in [5.41, 5.74) is 4.15. The number of ether oxygens (including phenoxy) is 2. The Morgan fingerprint density at radius 1 is 1.10 bits per heavy atom. The van der Waals surface area contributed by atoms with Gasteiger partial charge in [-0.05, 0) is 31.2 Å². The molecule has 0 saturated carbocycles. The quantitative estimate of drug-likeness (QED) is 0.0852. The van der Waals surface area contributed by atoms with Crippen LogP contribution in [-0.4, -0.2) is 97.9 Å².